The number of Topliss-reactive ketones (excluding diaryl/α,β-unsaturated/α-hetero) is 1. The molecule has 0 radical (unpaired) electrons. The van der Waals surface area contributed by atoms with E-state index in [4.69, 9.17) is 10.2 Å². The van der Waals surface area contributed by atoms with Crippen LogP contribution in [0.3, 0.4) is 0 Å². The van der Waals surface area contributed by atoms with Crippen LogP contribution in [0.2, 0.25) is 0 Å². The first-order chi connectivity index (χ1) is 5.65. The van der Waals surface area contributed by atoms with Crippen LogP contribution < -0.4 is 0 Å². The molecule has 1 rings (SSSR count). The summed E-state index contributed by atoms with van der Waals surface area (Å²) in [5, 5.41) is 17.6. The zero-order valence-electron chi connectivity index (χ0n) is 6.61. The van der Waals surface area contributed by atoms with Gasteiger partial charge in [-0.25, -0.2) is 4.98 Å². The van der Waals surface area contributed by atoms with Gasteiger partial charge in [-0.2, -0.15) is 0 Å². The number of imidazole rings is 1. The zero-order valence-corrected chi connectivity index (χ0v) is 6.61. The van der Waals surface area contributed by atoms with Crippen molar-refractivity contribution in [3.63, 3.8) is 0 Å². The van der Waals surface area contributed by atoms with Gasteiger partial charge in [0, 0.05) is 13.1 Å². The number of aliphatic hydroxyl groups excluding tert-OH is 2. The first-order valence-electron chi connectivity index (χ1n) is 3.50. The van der Waals surface area contributed by atoms with Gasteiger partial charge in [0.2, 0.25) is 0 Å². The molecule has 1 aromatic rings. The molecule has 1 aromatic heterocycles. The fourth-order valence-corrected chi connectivity index (χ4v) is 0.781. The fraction of sp³-hybridized carbons (Fsp3) is 0.429. The molecule has 0 aliphatic heterocycles. The monoisotopic (exact) mass is 170 g/mol. The van der Waals surface area contributed by atoms with Gasteiger partial charge in [0.15, 0.2) is 11.6 Å². The molecule has 1 atom stereocenters. The molecule has 0 fully saturated rings. The van der Waals surface area contributed by atoms with Crippen molar-refractivity contribution in [2.75, 3.05) is 6.61 Å². The highest BCUT2D eigenvalue weighted by atomic mass is 16.3. The quantitative estimate of drug-likeness (QED) is 0.540. The molecule has 0 spiro atoms. The topological polar surface area (TPSA) is 86.2 Å². The molecule has 5 heteroatoms. The van der Waals surface area contributed by atoms with Crippen LogP contribution in [-0.2, 0) is 0 Å². The molecule has 0 aliphatic rings. The predicted molar refractivity (Wildman–Crippen MR) is 40.6 cm³/mol. The highest BCUT2D eigenvalue weighted by molar-refractivity contribution is 5.90. The minimum absolute atomic E-state index is 0.192. The lowest BCUT2D eigenvalue weighted by Crippen LogP contribution is -2.03. The summed E-state index contributed by atoms with van der Waals surface area (Å²) in [6.45, 7) is 0.968. The lowest BCUT2D eigenvalue weighted by Gasteiger charge is -1.99. The number of aromatic amines is 1. The maximum Gasteiger partial charge on any atom is 0.194 e. The minimum Gasteiger partial charge on any atom is -0.393 e. The first kappa shape index (κ1) is 8.89. The van der Waals surface area contributed by atoms with E-state index in [2.05, 4.69) is 9.97 Å². The molecule has 1 heterocycles. The molecule has 1 unspecified atom stereocenters. The molecule has 0 aromatic carbocycles. The Labute approximate surface area is 69.1 Å². The van der Waals surface area contributed by atoms with Crippen molar-refractivity contribution in [3.05, 3.63) is 17.7 Å². The third-order valence-electron chi connectivity index (χ3n) is 1.45. The van der Waals surface area contributed by atoms with Crippen molar-refractivity contribution >= 4 is 5.78 Å². The number of nitrogens with zero attached hydrogens (tertiary/aromatic N) is 1. The maximum absolute atomic E-state index is 10.7. The molecule has 3 N–H and O–H groups in total. The number of carbonyl (C=O) groups is 1. The fourth-order valence-electron chi connectivity index (χ4n) is 0.781. The van der Waals surface area contributed by atoms with Crippen LogP contribution in [0.25, 0.3) is 0 Å². The summed E-state index contributed by atoms with van der Waals surface area (Å²) < 4.78 is 0. The molecule has 0 saturated heterocycles. The summed E-state index contributed by atoms with van der Waals surface area (Å²) in [6.07, 6.45) is 0.381. The number of hydrogen-bond acceptors (Lipinski definition) is 4. The standard InChI is InChI=1S/C7H10N2O3/c1-4(11)7-8-2-5(9-7)6(12)3-10/h2,6,10,12H,3H2,1H3,(H,8,9). The molecule has 0 bridgehead atoms. The lowest BCUT2D eigenvalue weighted by molar-refractivity contribution is 0.0920. The highest BCUT2D eigenvalue weighted by Crippen LogP contribution is 2.08. The predicted octanol–water partition coefficient (Wildman–Crippen LogP) is -0.362. The molecule has 0 aliphatic carbocycles. The van der Waals surface area contributed by atoms with Crippen LogP contribution in [0.4, 0.5) is 0 Å². The van der Waals surface area contributed by atoms with Crippen LogP contribution in [-0.4, -0.2) is 32.6 Å². The van der Waals surface area contributed by atoms with Gasteiger partial charge in [-0.05, 0) is 0 Å². The second-order valence-corrected chi connectivity index (χ2v) is 2.43. The van der Waals surface area contributed by atoms with Gasteiger partial charge in [-0.3, -0.25) is 4.79 Å². The molecule has 0 saturated carbocycles. The van der Waals surface area contributed by atoms with E-state index < -0.39 is 12.7 Å². The lowest BCUT2D eigenvalue weighted by atomic mass is 10.3. The Hall–Kier alpha value is -1.20. The van der Waals surface area contributed by atoms with Crippen molar-refractivity contribution in [2.45, 2.75) is 13.0 Å². The number of aliphatic hydroxyl groups is 2. The normalized spacial score (nSPS) is 12.9. The van der Waals surface area contributed by atoms with E-state index in [0.29, 0.717) is 0 Å². The van der Waals surface area contributed by atoms with Crippen LogP contribution in [0.15, 0.2) is 6.20 Å². The summed E-state index contributed by atoms with van der Waals surface area (Å²) in [7, 11) is 0. The summed E-state index contributed by atoms with van der Waals surface area (Å²) in [4.78, 5) is 17.1. The van der Waals surface area contributed by atoms with Gasteiger partial charge in [0.05, 0.1) is 12.3 Å². The minimum atomic E-state index is -1.02. The Kier molecular flexibility index (Phi) is 2.57. The van der Waals surface area contributed by atoms with Crippen molar-refractivity contribution < 1.29 is 15.0 Å². The average molecular weight is 170 g/mol. The summed E-state index contributed by atoms with van der Waals surface area (Å²) >= 11 is 0. The molecule has 0 amide bonds. The molecular formula is C7H10N2O3. The smallest absolute Gasteiger partial charge is 0.194 e. The number of aromatic nitrogens is 2. The third-order valence-corrected chi connectivity index (χ3v) is 1.45. The van der Waals surface area contributed by atoms with Crippen LogP contribution in [0.1, 0.15) is 29.3 Å². The summed E-state index contributed by atoms with van der Waals surface area (Å²) in [5.41, 5.74) is 0.280. The van der Waals surface area contributed by atoms with Gasteiger partial charge in [-0.15, -0.1) is 0 Å². The number of nitrogens with one attached hydrogen (secondary N) is 1. The van der Waals surface area contributed by atoms with E-state index in [1.165, 1.54) is 13.1 Å². The van der Waals surface area contributed by atoms with E-state index in [9.17, 15) is 4.79 Å². The van der Waals surface area contributed by atoms with Crippen molar-refractivity contribution in [3.8, 4) is 0 Å². The SMILES string of the molecule is CC(=O)c1nc(C(O)CO)c[nH]1. The van der Waals surface area contributed by atoms with Gasteiger partial charge in [0.1, 0.15) is 6.10 Å². The van der Waals surface area contributed by atoms with Crippen LogP contribution in [0, 0.1) is 0 Å². The Morgan fingerprint density at radius 1 is 1.83 bits per heavy atom. The molecule has 12 heavy (non-hydrogen) atoms. The van der Waals surface area contributed by atoms with Gasteiger partial charge >= 0.3 is 0 Å². The maximum atomic E-state index is 10.7. The number of H-pyrrole nitrogens is 1. The largest absolute Gasteiger partial charge is 0.393 e. The Bertz CT molecular complexity index is 282. The van der Waals surface area contributed by atoms with Crippen molar-refractivity contribution in [1.82, 2.24) is 9.97 Å². The van der Waals surface area contributed by atoms with Gasteiger partial charge < -0.3 is 15.2 Å². The molecular weight excluding hydrogens is 160 g/mol. The van der Waals surface area contributed by atoms with E-state index in [0.717, 1.165) is 0 Å². The Balaban J connectivity index is 2.84. The number of rotatable bonds is 3. The second-order valence-electron chi connectivity index (χ2n) is 2.43. The second kappa shape index (κ2) is 3.46. The number of carbonyl (C=O) groups excluding carboxylic acids is 1. The van der Waals surface area contributed by atoms with Crippen LogP contribution >= 0.6 is 0 Å². The van der Waals surface area contributed by atoms with E-state index >= 15 is 0 Å². The Morgan fingerprint density at radius 2 is 2.50 bits per heavy atom. The Morgan fingerprint density at radius 3 is 2.92 bits per heavy atom. The third kappa shape index (κ3) is 1.69. The van der Waals surface area contributed by atoms with E-state index in [1.54, 1.807) is 0 Å². The summed E-state index contributed by atoms with van der Waals surface area (Å²) in [6, 6.07) is 0. The van der Waals surface area contributed by atoms with Gasteiger partial charge in [0.25, 0.3) is 0 Å². The van der Waals surface area contributed by atoms with Gasteiger partial charge in [-0.1, -0.05) is 0 Å². The van der Waals surface area contributed by atoms with Crippen molar-refractivity contribution in [2.24, 2.45) is 0 Å². The van der Waals surface area contributed by atoms with Crippen LogP contribution in [0.5, 0.6) is 0 Å². The number of hydrogen-bond donors (Lipinski definition) is 3. The van der Waals surface area contributed by atoms with Crippen molar-refractivity contribution in [1.29, 1.82) is 0 Å². The average Bonchev–Trinajstić information content (AvgIpc) is 2.51. The van der Waals surface area contributed by atoms with E-state index in [-0.39, 0.29) is 17.3 Å². The number of ketones is 1. The zero-order chi connectivity index (χ0) is 9.14. The highest BCUT2D eigenvalue weighted by Gasteiger charge is 2.11. The van der Waals surface area contributed by atoms with E-state index in [1.807, 2.05) is 0 Å². The molecule has 5 nitrogen and oxygen atoms in total. The molecule has 66 valence electrons. The first-order valence-corrected chi connectivity index (χ1v) is 3.50. The summed E-state index contributed by atoms with van der Waals surface area (Å²) in [5.74, 6) is -0.0103.